The van der Waals surface area contributed by atoms with E-state index in [-0.39, 0.29) is 43.2 Å². The zero-order valence-electron chi connectivity index (χ0n) is 37.6. The summed E-state index contributed by atoms with van der Waals surface area (Å²) >= 11 is 7.88. The van der Waals surface area contributed by atoms with Crippen LogP contribution in [0.5, 0.6) is 0 Å². The van der Waals surface area contributed by atoms with Crippen molar-refractivity contribution in [1.29, 1.82) is 0 Å². The predicted octanol–water partition coefficient (Wildman–Crippen LogP) is -5.25. The highest BCUT2D eigenvalue weighted by Crippen LogP contribution is 2.21. The van der Waals surface area contributed by atoms with Gasteiger partial charge in [0.25, 0.3) is 0 Å². The molecule has 0 bridgehead atoms. The summed E-state index contributed by atoms with van der Waals surface area (Å²) in [7, 11) is 0. The summed E-state index contributed by atoms with van der Waals surface area (Å²) in [6.07, 6.45) is -4.68. The molecule has 1 fully saturated rings. The van der Waals surface area contributed by atoms with Gasteiger partial charge in [-0.2, -0.15) is 25.3 Å². The molecular formula is C39H68N10O14S2. The van der Waals surface area contributed by atoms with Gasteiger partial charge in [-0.05, 0) is 51.9 Å². The zero-order chi connectivity index (χ0) is 50.0. The molecular weight excluding hydrogens is 897 g/mol. The number of nitrogens with one attached hydrogen (secondary N) is 7. The number of aliphatic carboxylic acids is 1. The van der Waals surface area contributed by atoms with E-state index in [0.29, 0.717) is 6.42 Å². The van der Waals surface area contributed by atoms with Gasteiger partial charge in [0.15, 0.2) is 0 Å². The Hall–Kier alpha value is -4.76. The lowest BCUT2D eigenvalue weighted by Gasteiger charge is -2.32. The van der Waals surface area contributed by atoms with E-state index in [1.807, 2.05) is 13.8 Å². The monoisotopic (exact) mass is 964 g/mol. The van der Waals surface area contributed by atoms with Crippen LogP contribution in [0.1, 0.15) is 80.6 Å². The maximum absolute atomic E-state index is 13.8. The molecule has 1 rings (SSSR count). The number of aliphatic hydroxyl groups excluding tert-OH is 3. The molecule has 9 amide bonds. The molecule has 370 valence electrons. The number of hydrogen-bond donors (Lipinski definition) is 15. The molecule has 0 spiro atoms. The fourth-order valence-corrected chi connectivity index (χ4v) is 7.00. The van der Waals surface area contributed by atoms with Crippen molar-refractivity contribution in [2.75, 3.05) is 18.1 Å². The van der Waals surface area contributed by atoms with Crippen LogP contribution in [0.4, 0.5) is 0 Å². The number of thiol groups is 2. The average Bonchev–Trinajstić information content (AvgIpc) is 3.72. The largest absolute Gasteiger partial charge is 0.480 e. The van der Waals surface area contributed by atoms with Gasteiger partial charge in [-0.15, -0.1) is 0 Å². The lowest BCUT2D eigenvalue weighted by molar-refractivity contribution is -0.143. The van der Waals surface area contributed by atoms with Crippen molar-refractivity contribution in [2.24, 2.45) is 23.3 Å². The molecule has 1 aliphatic rings. The van der Waals surface area contributed by atoms with Crippen LogP contribution in [0.2, 0.25) is 0 Å². The Balaban J connectivity index is 3.31. The van der Waals surface area contributed by atoms with Crippen molar-refractivity contribution in [3.05, 3.63) is 0 Å². The maximum Gasteiger partial charge on any atom is 0.327 e. The van der Waals surface area contributed by atoms with Crippen LogP contribution in [-0.2, 0) is 47.9 Å². The Bertz CT molecular complexity index is 1710. The Kier molecular flexibility index (Phi) is 24.8. The molecule has 0 aromatic heterocycles. The highest BCUT2D eigenvalue weighted by Gasteiger charge is 2.42. The summed E-state index contributed by atoms with van der Waals surface area (Å²) in [6.45, 7) is 10.5. The molecule has 15 N–H and O–H groups in total. The second-order valence-electron chi connectivity index (χ2n) is 16.5. The molecule has 13 atom stereocenters. The van der Waals surface area contributed by atoms with Crippen LogP contribution in [0.25, 0.3) is 0 Å². The van der Waals surface area contributed by atoms with Crippen molar-refractivity contribution in [3.8, 4) is 0 Å². The molecule has 0 aliphatic carbocycles. The number of nitrogens with zero attached hydrogens (tertiary/aromatic N) is 1. The number of aliphatic hydroxyl groups is 3. The summed E-state index contributed by atoms with van der Waals surface area (Å²) in [5.74, 6) is -11.3. The van der Waals surface area contributed by atoms with E-state index in [9.17, 15) is 68.4 Å². The van der Waals surface area contributed by atoms with E-state index in [2.05, 4.69) is 62.5 Å². The number of carbonyl (C=O) groups excluding carboxylic acids is 9. The van der Waals surface area contributed by atoms with E-state index in [0.717, 1.165) is 13.8 Å². The van der Waals surface area contributed by atoms with Gasteiger partial charge in [0, 0.05) is 18.1 Å². The lowest BCUT2D eigenvalue weighted by atomic mass is 9.96. The minimum atomic E-state index is -1.87. The second-order valence-corrected chi connectivity index (χ2v) is 17.3. The first-order valence-corrected chi connectivity index (χ1v) is 22.4. The molecule has 1 heterocycles. The smallest absolute Gasteiger partial charge is 0.327 e. The third kappa shape index (κ3) is 18.2. The van der Waals surface area contributed by atoms with Crippen LogP contribution in [0, 0.1) is 11.8 Å². The van der Waals surface area contributed by atoms with Crippen LogP contribution in [0.3, 0.4) is 0 Å². The number of amides is 9. The van der Waals surface area contributed by atoms with E-state index >= 15 is 0 Å². The number of carboxylic acid groups (broad SMARTS) is 1. The molecule has 65 heavy (non-hydrogen) atoms. The molecule has 1 aliphatic heterocycles. The second kappa shape index (κ2) is 27.7. The number of rotatable bonds is 27. The minimum Gasteiger partial charge on any atom is -0.480 e. The summed E-state index contributed by atoms with van der Waals surface area (Å²) in [4.78, 5) is 132. The van der Waals surface area contributed by atoms with E-state index < -0.39 is 144 Å². The Morgan fingerprint density at radius 1 is 0.631 bits per heavy atom. The fourth-order valence-electron chi connectivity index (χ4n) is 6.58. The molecule has 0 aromatic carbocycles. The van der Waals surface area contributed by atoms with Gasteiger partial charge < -0.3 is 74.0 Å². The van der Waals surface area contributed by atoms with Gasteiger partial charge in [-0.3, -0.25) is 43.2 Å². The first-order chi connectivity index (χ1) is 30.2. The van der Waals surface area contributed by atoms with Crippen molar-refractivity contribution in [2.45, 2.75) is 153 Å². The van der Waals surface area contributed by atoms with E-state index in [1.165, 1.54) is 11.8 Å². The molecule has 0 aromatic rings. The SMILES string of the molecule is CC[C@H](C)[C@H](NC(=O)[C@@H](NC(=O)[C@@H]1CCCN1C(=O)[C@H](CC(C)C)NC(=O)[C@@H](N)CS)[C@@H](C)O)C(=O)N[C@H](C(=O)N[C@@H](CC(N)=O)C(=O)N[C@H](C(=O)N[C@@H](CS)C(=O)O)[C@@H](C)O)[C@@H](C)O. The number of hydrogen-bond acceptors (Lipinski definition) is 16. The third-order valence-corrected chi connectivity index (χ3v) is 11.3. The van der Waals surface area contributed by atoms with Gasteiger partial charge in [0.2, 0.25) is 53.2 Å². The number of primary amides is 1. The Morgan fingerprint density at radius 2 is 1.08 bits per heavy atom. The van der Waals surface area contributed by atoms with Crippen molar-refractivity contribution in [1.82, 2.24) is 42.1 Å². The van der Waals surface area contributed by atoms with Crippen molar-refractivity contribution >= 4 is 84.4 Å². The van der Waals surface area contributed by atoms with E-state index in [4.69, 9.17) is 11.5 Å². The summed E-state index contributed by atoms with van der Waals surface area (Å²) in [5.41, 5.74) is 11.1. The normalized spacial score (nSPS) is 19.2. The molecule has 0 radical (unpaired) electrons. The maximum atomic E-state index is 13.8. The van der Waals surface area contributed by atoms with Gasteiger partial charge in [0.05, 0.1) is 30.8 Å². The molecule has 1 saturated heterocycles. The molecule has 26 heteroatoms. The summed E-state index contributed by atoms with van der Waals surface area (Å²) in [5, 5.41) is 57.0. The van der Waals surface area contributed by atoms with Crippen LogP contribution >= 0.6 is 25.3 Å². The first-order valence-electron chi connectivity index (χ1n) is 21.2. The standard InChI is InChI=1S/C39H68N10O14S2/c1-8-17(4)27(45-37(60)30(20(7)52)47-33(56)25-10-9-11-49(25)38(61)23(12-16(2)3)43-31(54)21(40)14-64)34(57)48-29(19(6)51)35(58)42-22(13-26(41)53)32(55)46-28(18(5)50)36(59)44-24(15-65)39(62)63/h16-25,27-30,50-52,64-65H,8-15,40H2,1-7H3,(H2,41,53)(H,42,58)(H,43,54)(H,44,59)(H,45,60)(H,46,55)(H,47,56)(H,48,57)(H,62,63)/t17-,18+,19+,20+,21-,22-,23-,24-,25-,27-,28-,29-,30-/m0/s1. The number of carbonyl (C=O) groups is 10. The average molecular weight is 965 g/mol. The number of carboxylic acids is 1. The minimum absolute atomic E-state index is 0.0234. The first kappa shape index (κ1) is 58.3. The van der Waals surface area contributed by atoms with Gasteiger partial charge in [-0.1, -0.05) is 34.1 Å². The summed E-state index contributed by atoms with van der Waals surface area (Å²) in [6, 6.07) is -13.3. The zero-order valence-corrected chi connectivity index (χ0v) is 39.4. The predicted molar refractivity (Wildman–Crippen MR) is 239 cm³/mol. The molecule has 0 unspecified atom stereocenters. The number of likely N-dealkylation sites (tertiary alicyclic amines) is 1. The van der Waals surface area contributed by atoms with Gasteiger partial charge >= 0.3 is 5.97 Å². The lowest BCUT2D eigenvalue weighted by Crippen LogP contribution is -2.64. The Morgan fingerprint density at radius 3 is 1.52 bits per heavy atom. The highest BCUT2D eigenvalue weighted by molar-refractivity contribution is 7.80. The topological polar surface area (TPSA) is 391 Å². The van der Waals surface area contributed by atoms with Crippen LogP contribution < -0.4 is 48.7 Å². The Labute approximate surface area is 388 Å². The highest BCUT2D eigenvalue weighted by atomic mass is 32.1. The quantitative estimate of drug-likeness (QED) is 0.0342. The number of nitrogens with two attached hydrogens (primary N) is 2. The molecule has 0 saturated carbocycles. The third-order valence-electron chi connectivity index (χ3n) is 10.5. The summed E-state index contributed by atoms with van der Waals surface area (Å²) < 4.78 is 0. The van der Waals surface area contributed by atoms with Crippen molar-refractivity contribution in [3.63, 3.8) is 0 Å². The van der Waals surface area contributed by atoms with Crippen molar-refractivity contribution < 1.29 is 68.4 Å². The van der Waals surface area contributed by atoms with Crippen LogP contribution in [-0.4, -0.2) is 175 Å². The van der Waals surface area contributed by atoms with E-state index in [1.54, 1.807) is 13.8 Å². The fraction of sp³-hybridized carbons (Fsp3) is 0.744. The van der Waals surface area contributed by atoms with Crippen LogP contribution in [0.15, 0.2) is 0 Å². The van der Waals surface area contributed by atoms with Gasteiger partial charge in [-0.25, -0.2) is 4.79 Å². The van der Waals surface area contributed by atoms with Gasteiger partial charge in [0.1, 0.15) is 48.3 Å². The molecule has 24 nitrogen and oxygen atoms in total.